The van der Waals surface area contributed by atoms with Crippen LogP contribution in [0.25, 0.3) is 0 Å². The van der Waals surface area contributed by atoms with Crippen molar-refractivity contribution in [3.8, 4) is 0 Å². The van der Waals surface area contributed by atoms with Gasteiger partial charge in [-0.25, -0.2) is 5.84 Å². The number of aliphatic imine (C=N–C) groups is 1. The highest BCUT2D eigenvalue weighted by atomic mass is 35.5. The van der Waals surface area contributed by atoms with Crippen LogP contribution in [0.2, 0.25) is 5.02 Å². The fraction of sp³-hybridized carbons (Fsp3) is 0.417. The summed E-state index contributed by atoms with van der Waals surface area (Å²) < 4.78 is 38.1. The average Bonchev–Trinajstić information content (AvgIpc) is 2.38. The lowest BCUT2D eigenvalue weighted by molar-refractivity contribution is -0.137. The molecule has 0 unspecified atom stereocenters. The lowest BCUT2D eigenvalue weighted by atomic mass is 10.2. The van der Waals surface area contributed by atoms with Crippen LogP contribution >= 0.6 is 11.6 Å². The first-order chi connectivity index (χ1) is 9.38. The Kier molecular flexibility index (Phi) is 6.09. The second kappa shape index (κ2) is 7.35. The molecule has 0 radical (unpaired) electrons. The predicted octanol–water partition coefficient (Wildman–Crippen LogP) is 3.39. The number of benzene rings is 1. The minimum atomic E-state index is -4.51. The smallest absolute Gasteiger partial charge is 0.325 e. The summed E-state index contributed by atoms with van der Waals surface area (Å²) in [5.41, 5.74) is 1.60. The Morgan fingerprint density at radius 1 is 1.40 bits per heavy atom. The molecule has 20 heavy (non-hydrogen) atoms. The molecule has 0 heterocycles. The summed E-state index contributed by atoms with van der Waals surface area (Å²) in [4.78, 5) is 4.10. The van der Waals surface area contributed by atoms with Gasteiger partial charge in [0.1, 0.15) is 0 Å². The number of unbranched alkanes of at least 4 members (excludes halogenated alkanes) is 1. The Morgan fingerprint density at radius 2 is 2.10 bits per heavy atom. The summed E-state index contributed by atoms with van der Waals surface area (Å²) >= 11 is 5.54. The van der Waals surface area contributed by atoms with Crippen LogP contribution in [0.5, 0.6) is 0 Å². The van der Waals surface area contributed by atoms with Crippen LogP contribution in [0.3, 0.4) is 0 Å². The van der Waals surface area contributed by atoms with E-state index in [4.69, 9.17) is 17.4 Å². The van der Waals surface area contributed by atoms with Crippen LogP contribution in [0.15, 0.2) is 23.2 Å². The maximum atomic E-state index is 12.7. The largest absolute Gasteiger partial charge is 0.417 e. The highest BCUT2D eigenvalue weighted by molar-refractivity contribution is 6.31. The molecule has 8 heteroatoms. The van der Waals surface area contributed by atoms with Crippen LogP contribution in [-0.2, 0) is 6.18 Å². The van der Waals surface area contributed by atoms with Crippen molar-refractivity contribution in [2.75, 3.05) is 11.9 Å². The molecule has 4 nitrogen and oxygen atoms in total. The average molecular weight is 309 g/mol. The second-order valence-electron chi connectivity index (χ2n) is 4.05. The van der Waals surface area contributed by atoms with Gasteiger partial charge in [-0.2, -0.15) is 13.2 Å². The molecule has 4 N–H and O–H groups in total. The minimum absolute atomic E-state index is 0.203. The van der Waals surface area contributed by atoms with Crippen molar-refractivity contribution in [3.63, 3.8) is 0 Å². The van der Waals surface area contributed by atoms with Gasteiger partial charge in [0.05, 0.1) is 10.6 Å². The molecule has 0 amide bonds. The number of alkyl halides is 3. The van der Waals surface area contributed by atoms with E-state index in [9.17, 15) is 13.2 Å². The summed E-state index contributed by atoms with van der Waals surface area (Å²) in [6, 6.07) is 3.51. The number of nitrogens with zero attached hydrogens (tertiary/aromatic N) is 1. The molecular formula is C12H16ClF3N4. The molecule has 1 rings (SSSR count). The van der Waals surface area contributed by atoms with Crippen molar-refractivity contribution < 1.29 is 13.2 Å². The van der Waals surface area contributed by atoms with Gasteiger partial charge in [0.15, 0.2) is 0 Å². The highest BCUT2D eigenvalue weighted by Crippen LogP contribution is 2.36. The highest BCUT2D eigenvalue weighted by Gasteiger charge is 2.33. The molecule has 0 fully saturated rings. The number of hydrogen-bond acceptors (Lipinski definition) is 2. The van der Waals surface area contributed by atoms with Crippen molar-refractivity contribution in [2.24, 2.45) is 10.8 Å². The summed E-state index contributed by atoms with van der Waals surface area (Å²) in [6.45, 7) is 2.54. The quantitative estimate of drug-likeness (QED) is 0.263. The second-order valence-corrected chi connectivity index (χ2v) is 4.45. The van der Waals surface area contributed by atoms with E-state index in [0.29, 0.717) is 6.54 Å². The van der Waals surface area contributed by atoms with Crippen molar-refractivity contribution in [1.82, 2.24) is 5.43 Å². The zero-order chi connectivity index (χ0) is 15.2. The maximum Gasteiger partial charge on any atom is 0.417 e. The van der Waals surface area contributed by atoms with E-state index in [1.807, 2.05) is 6.92 Å². The molecule has 1 aromatic rings. The Bertz CT molecular complexity index is 474. The van der Waals surface area contributed by atoms with Crippen molar-refractivity contribution in [1.29, 1.82) is 0 Å². The van der Waals surface area contributed by atoms with E-state index in [2.05, 4.69) is 15.7 Å². The van der Waals surface area contributed by atoms with Gasteiger partial charge in [0, 0.05) is 12.2 Å². The molecule has 0 aliphatic carbocycles. The van der Waals surface area contributed by atoms with Gasteiger partial charge in [-0.05, 0) is 24.6 Å². The number of rotatable bonds is 4. The van der Waals surface area contributed by atoms with Crippen molar-refractivity contribution >= 4 is 23.2 Å². The Hall–Kier alpha value is -1.47. The maximum absolute atomic E-state index is 12.7. The van der Waals surface area contributed by atoms with Crippen LogP contribution in [0, 0.1) is 0 Å². The van der Waals surface area contributed by atoms with Crippen molar-refractivity contribution in [2.45, 2.75) is 25.9 Å². The third-order valence-electron chi connectivity index (χ3n) is 2.45. The Balaban J connectivity index is 2.89. The Labute approximate surface area is 120 Å². The topological polar surface area (TPSA) is 62.4 Å². The number of halogens is 4. The molecule has 112 valence electrons. The standard InChI is InChI=1S/C12H16ClF3N4/c1-2-3-6-18-11(20-17)19-8-4-5-10(13)9(7-8)12(14,15)16/h4-5,7H,2-3,6,17H2,1H3,(H2,18,19,20). The molecule has 0 bridgehead atoms. The Morgan fingerprint density at radius 3 is 2.65 bits per heavy atom. The van der Waals surface area contributed by atoms with E-state index in [1.165, 1.54) is 12.1 Å². The van der Waals surface area contributed by atoms with Gasteiger partial charge in [-0.1, -0.05) is 24.9 Å². The normalized spacial score (nSPS) is 12.4. The summed E-state index contributed by atoms with van der Waals surface area (Å²) in [6.07, 6.45) is -2.69. The number of hydrogen-bond donors (Lipinski definition) is 3. The van der Waals surface area contributed by atoms with Gasteiger partial charge in [0.2, 0.25) is 5.96 Å². The first kappa shape index (κ1) is 16.6. The zero-order valence-corrected chi connectivity index (χ0v) is 11.6. The van der Waals surface area contributed by atoms with E-state index in [0.717, 1.165) is 18.9 Å². The third kappa shape index (κ3) is 4.90. The third-order valence-corrected chi connectivity index (χ3v) is 2.78. The van der Waals surface area contributed by atoms with Crippen LogP contribution in [-0.4, -0.2) is 12.5 Å². The molecule has 0 atom stereocenters. The summed E-state index contributed by atoms with van der Waals surface area (Å²) in [5.74, 6) is 5.47. The minimum Gasteiger partial charge on any atom is -0.325 e. The number of hydrazine groups is 1. The van der Waals surface area contributed by atoms with Crippen LogP contribution in [0.4, 0.5) is 18.9 Å². The van der Waals surface area contributed by atoms with Crippen LogP contribution < -0.4 is 16.6 Å². The van der Waals surface area contributed by atoms with E-state index < -0.39 is 11.7 Å². The number of nitrogens with two attached hydrogens (primary N) is 1. The molecular weight excluding hydrogens is 293 g/mol. The predicted molar refractivity (Wildman–Crippen MR) is 74.6 cm³/mol. The summed E-state index contributed by atoms with van der Waals surface area (Å²) in [5, 5.41) is 2.33. The lowest BCUT2D eigenvalue weighted by Gasteiger charge is -2.13. The molecule has 1 aromatic carbocycles. The summed E-state index contributed by atoms with van der Waals surface area (Å²) in [7, 11) is 0. The molecule has 0 aromatic heterocycles. The molecule has 0 aliphatic rings. The molecule has 0 saturated heterocycles. The number of nitrogens with one attached hydrogen (secondary N) is 2. The van der Waals surface area contributed by atoms with E-state index in [-0.39, 0.29) is 16.7 Å². The van der Waals surface area contributed by atoms with Gasteiger partial charge >= 0.3 is 6.18 Å². The lowest BCUT2D eigenvalue weighted by Crippen LogP contribution is -2.36. The SMILES string of the molecule is CCCCN=C(NN)Nc1ccc(Cl)c(C(F)(F)F)c1. The van der Waals surface area contributed by atoms with Crippen molar-refractivity contribution in [3.05, 3.63) is 28.8 Å². The van der Waals surface area contributed by atoms with Gasteiger partial charge < -0.3 is 5.32 Å². The molecule has 0 saturated carbocycles. The fourth-order valence-electron chi connectivity index (χ4n) is 1.43. The molecule has 0 aliphatic heterocycles. The monoisotopic (exact) mass is 308 g/mol. The fourth-order valence-corrected chi connectivity index (χ4v) is 1.65. The molecule has 0 spiro atoms. The van der Waals surface area contributed by atoms with Gasteiger partial charge in [-0.3, -0.25) is 10.4 Å². The van der Waals surface area contributed by atoms with Gasteiger partial charge in [0.25, 0.3) is 0 Å². The van der Waals surface area contributed by atoms with Gasteiger partial charge in [-0.15, -0.1) is 0 Å². The zero-order valence-electron chi connectivity index (χ0n) is 10.9. The number of guanidine groups is 1. The van der Waals surface area contributed by atoms with Crippen LogP contribution in [0.1, 0.15) is 25.3 Å². The number of anilines is 1. The first-order valence-corrected chi connectivity index (χ1v) is 6.41. The first-order valence-electron chi connectivity index (χ1n) is 6.03. The van der Waals surface area contributed by atoms with E-state index >= 15 is 0 Å². The van der Waals surface area contributed by atoms with E-state index in [1.54, 1.807) is 0 Å².